The van der Waals surface area contributed by atoms with Crippen molar-refractivity contribution >= 4 is 29.1 Å². The van der Waals surface area contributed by atoms with Crippen LogP contribution in [-0.4, -0.2) is 24.0 Å². The number of fused-ring (bicyclic) bond motifs is 1. The Bertz CT molecular complexity index is 776. The molecule has 2 amide bonds. The SMILES string of the molecule is CC1(C(=O)NCCc2ccc(Cl)cc2)Oc2ccccc2NC1=O. The van der Waals surface area contributed by atoms with E-state index in [0.29, 0.717) is 29.4 Å². The van der Waals surface area contributed by atoms with Gasteiger partial charge in [0.25, 0.3) is 17.4 Å². The highest BCUT2D eigenvalue weighted by Gasteiger charge is 2.46. The predicted octanol–water partition coefficient (Wildman–Crippen LogP) is 2.79. The average Bonchev–Trinajstić information content (AvgIpc) is 2.57. The summed E-state index contributed by atoms with van der Waals surface area (Å²) in [4.78, 5) is 24.7. The number of ether oxygens (including phenoxy) is 1. The highest BCUT2D eigenvalue weighted by molar-refractivity contribution is 6.30. The van der Waals surface area contributed by atoms with E-state index in [4.69, 9.17) is 16.3 Å². The van der Waals surface area contributed by atoms with E-state index >= 15 is 0 Å². The molecule has 2 N–H and O–H groups in total. The number of carbonyl (C=O) groups excluding carboxylic acids is 2. The maximum Gasteiger partial charge on any atom is 0.278 e. The van der Waals surface area contributed by atoms with Crippen molar-refractivity contribution in [1.29, 1.82) is 0 Å². The quantitative estimate of drug-likeness (QED) is 0.838. The fourth-order valence-electron chi connectivity index (χ4n) is 2.46. The van der Waals surface area contributed by atoms with Crippen molar-refractivity contribution in [3.05, 3.63) is 59.1 Å². The minimum Gasteiger partial charge on any atom is -0.466 e. The summed E-state index contributed by atoms with van der Waals surface area (Å²) < 4.78 is 5.67. The van der Waals surface area contributed by atoms with Crippen molar-refractivity contribution in [2.24, 2.45) is 0 Å². The predicted molar refractivity (Wildman–Crippen MR) is 92.3 cm³/mol. The van der Waals surface area contributed by atoms with E-state index in [1.807, 2.05) is 12.1 Å². The maximum absolute atomic E-state index is 12.5. The minimum atomic E-state index is -1.59. The molecule has 0 fully saturated rings. The van der Waals surface area contributed by atoms with Gasteiger partial charge in [-0.15, -0.1) is 0 Å². The van der Waals surface area contributed by atoms with Crippen LogP contribution < -0.4 is 15.4 Å². The van der Waals surface area contributed by atoms with Crippen LogP contribution in [0.2, 0.25) is 5.02 Å². The molecular formula is C18H17ClN2O3. The molecule has 24 heavy (non-hydrogen) atoms. The number of halogens is 1. The lowest BCUT2D eigenvalue weighted by Gasteiger charge is -2.33. The molecule has 0 saturated carbocycles. The summed E-state index contributed by atoms with van der Waals surface area (Å²) in [6, 6.07) is 14.4. The zero-order chi connectivity index (χ0) is 17.2. The summed E-state index contributed by atoms with van der Waals surface area (Å²) in [5.41, 5.74) is 0.0205. The van der Waals surface area contributed by atoms with E-state index < -0.39 is 17.4 Å². The van der Waals surface area contributed by atoms with Crippen LogP contribution in [0.15, 0.2) is 48.5 Å². The first-order valence-corrected chi connectivity index (χ1v) is 7.99. The first-order chi connectivity index (χ1) is 11.5. The molecule has 0 saturated heterocycles. The Morgan fingerprint density at radius 3 is 2.67 bits per heavy atom. The second-order valence-electron chi connectivity index (χ2n) is 5.72. The Morgan fingerprint density at radius 1 is 1.21 bits per heavy atom. The zero-order valence-corrected chi connectivity index (χ0v) is 13.9. The van der Waals surface area contributed by atoms with Gasteiger partial charge < -0.3 is 15.4 Å². The van der Waals surface area contributed by atoms with Crippen molar-refractivity contribution in [3.8, 4) is 5.75 Å². The molecule has 1 unspecified atom stereocenters. The number of hydrogen-bond acceptors (Lipinski definition) is 3. The number of para-hydroxylation sites is 2. The smallest absolute Gasteiger partial charge is 0.278 e. The van der Waals surface area contributed by atoms with E-state index in [2.05, 4.69) is 10.6 Å². The summed E-state index contributed by atoms with van der Waals surface area (Å²) in [5, 5.41) is 6.13. The third-order valence-electron chi connectivity index (χ3n) is 3.93. The lowest BCUT2D eigenvalue weighted by Crippen LogP contribution is -2.58. The first-order valence-electron chi connectivity index (χ1n) is 7.61. The fraction of sp³-hybridized carbons (Fsp3) is 0.222. The Hall–Kier alpha value is -2.53. The number of amides is 2. The molecule has 6 heteroatoms. The highest BCUT2D eigenvalue weighted by atomic mass is 35.5. The first kappa shape index (κ1) is 16.3. The summed E-state index contributed by atoms with van der Waals surface area (Å²) in [7, 11) is 0. The topological polar surface area (TPSA) is 67.4 Å². The van der Waals surface area contributed by atoms with Gasteiger partial charge in [0.2, 0.25) is 0 Å². The van der Waals surface area contributed by atoms with Crippen LogP contribution in [-0.2, 0) is 16.0 Å². The molecule has 124 valence electrons. The molecule has 5 nitrogen and oxygen atoms in total. The molecule has 0 aliphatic carbocycles. The third kappa shape index (κ3) is 3.21. The summed E-state index contributed by atoms with van der Waals surface area (Å²) in [6.45, 7) is 1.87. The molecule has 0 radical (unpaired) electrons. The van der Waals surface area contributed by atoms with Crippen LogP contribution in [0, 0.1) is 0 Å². The van der Waals surface area contributed by atoms with E-state index in [1.54, 1.807) is 36.4 Å². The Kier molecular flexibility index (Phi) is 4.44. The van der Waals surface area contributed by atoms with Gasteiger partial charge in [0.05, 0.1) is 5.69 Å². The lowest BCUT2D eigenvalue weighted by molar-refractivity contribution is -0.146. The molecule has 0 spiro atoms. The molecule has 1 aliphatic heterocycles. The van der Waals surface area contributed by atoms with Gasteiger partial charge in [0, 0.05) is 11.6 Å². The van der Waals surface area contributed by atoms with Crippen molar-refractivity contribution < 1.29 is 14.3 Å². The zero-order valence-electron chi connectivity index (χ0n) is 13.1. The van der Waals surface area contributed by atoms with Crippen LogP contribution in [0.5, 0.6) is 5.75 Å². The lowest BCUT2D eigenvalue weighted by atomic mass is 10.0. The van der Waals surface area contributed by atoms with Gasteiger partial charge in [-0.3, -0.25) is 9.59 Å². The van der Waals surface area contributed by atoms with Crippen LogP contribution in [0.4, 0.5) is 5.69 Å². The number of anilines is 1. The number of rotatable bonds is 4. The largest absolute Gasteiger partial charge is 0.466 e. The van der Waals surface area contributed by atoms with Crippen LogP contribution >= 0.6 is 11.6 Å². The van der Waals surface area contributed by atoms with Gasteiger partial charge in [0.15, 0.2) is 0 Å². The molecule has 1 aliphatic rings. The number of hydrogen-bond donors (Lipinski definition) is 2. The Balaban J connectivity index is 1.63. The second kappa shape index (κ2) is 6.53. The molecule has 1 heterocycles. The van der Waals surface area contributed by atoms with E-state index in [9.17, 15) is 9.59 Å². The van der Waals surface area contributed by atoms with Crippen molar-refractivity contribution in [2.45, 2.75) is 18.9 Å². The number of benzene rings is 2. The molecule has 0 aromatic heterocycles. The van der Waals surface area contributed by atoms with Crippen molar-refractivity contribution in [1.82, 2.24) is 5.32 Å². The Labute approximate surface area is 145 Å². The van der Waals surface area contributed by atoms with E-state index in [0.717, 1.165) is 5.56 Å². The summed E-state index contributed by atoms with van der Waals surface area (Å²) in [6.07, 6.45) is 0.636. The van der Waals surface area contributed by atoms with Gasteiger partial charge in [-0.05, 0) is 43.2 Å². The molecule has 1 atom stereocenters. The number of nitrogens with one attached hydrogen (secondary N) is 2. The molecule has 0 bridgehead atoms. The van der Waals surface area contributed by atoms with Gasteiger partial charge in [-0.2, -0.15) is 0 Å². The molecular weight excluding hydrogens is 328 g/mol. The van der Waals surface area contributed by atoms with E-state index in [1.165, 1.54) is 6.92 Å². The normalized spacial score (nSPS) is 19.0. The van der Waals surface area contributed by atoms with Gasteiger partial charge >= 0.3 is 0 Å². The second-order valence-corrected chi connectivity index (χ2v) is 6.15. The third-order valence-corrected chi connectivity index (χ3v) is 4.18. The van der Waals surface area contributed by atoms with Crippen molar-refractivity contribution in [3.63, 3.8) is 0 Å². The standard InChI is InChI=1S/C18H17ClN2O3/c1-18(17(23)21-14-4-2-3-5-15(14)24-18)16(22)20-11-10-12-6-8-13(19)9-7-12/h2-9H,10-11H2,1H3,(H,20,22)(H,21,23). The molecule has 2 aromatic rings. The molecule has 3 rings (SSSR count). The maximum atomic E-state index is 12.5. The summed E-state index contributed by atoms with van der Waals surface area (Å²) in [5.74, 6) is -0.471. The van der Waals surface area contributed by atoms with Crippen molar-refractivity contribution in [2.75, 3.05) is 11.9 Å². The average molecular weight is 345 g/mol. The summed E-state index contributed by atoms with van der Waals surface area (Å²) >= 11 is 5.84. The number of carbonyl (C=O) groups is 2. The minimum absolute atomic E-state index is 0.397. The van der Waals surface area contributed by atoms with Gasteiger partial charge in [0.1, 0.15) is 5.75 Å². The van der Waals surface area contributed by atoms with Crippen LogP contribution in [0.1, 0.15) is 12.5 Å². The van der Waals surface area contributed by atoms with Crippen LogP contribution in [0.25, 0.3) is 0 Å². The van der Waals surface area contributed by atoms with Gasteiger partial charge in [-0.25, -0.2) is 0 Å². The monoisotopic (exact) mass is 344 g/mol. The Morgan fingerprint density at radius 2 is 1.92 bits per heavy atom. The van der Waals surface area contributed by atoms with E-state index in [-0.39, 0.29) is 0 Å². The van der Waals surface area contributed by atoms with Gasteiger partial charge in [-0.1, -0.05) is 35.9 Å². The van der Waals surface area contributed by atoms with Crippen LogP contribution in [0.3, 0.4) is 0 Å². The fourth-order valence-corrected chi connectivity index (χ4v) is 2.58. The highest BCUT2D eigenvalue weighted by Crippen LogP contribution is 2.33. The molecule has 2 aromatic carbocycles.